The zero-order valence-electron chi connectivity index (χ0n) is 16.2. The zero-order chi connectivity index (χ0) is 19.1. The average molecular weight is 363 g/mol. The molecule has 138 valence electrons. The van der Waals surface area contributed by atoms with Crippen LogP contribution in [0.1, 0.15) is 35.1 Å². The Bertz CT molecular complexity index is 861. The van der Waals surface area contributed by atoms with Crippen molar-refractivity contribution in [3.8, 4) is 0 Å². The first-order chi connectivity index (χ1) is 13.9. The molecule has 0 heteroatoms. The van der Waals surface area contributed by atoms with Crippen molar-refractivity contribution in [2.24, 2.45) is 0 Å². The van der Waals surface area contributed by atoms with Gasteiger partial charge in [0.05, 0.1) is 0 Å². The Morgan fingerprint density at radius 2 is 0.786 bits per heavy atom. The predicted octanol–water partition coefficient (Wildman–Crippen LogP) is 7.04. The minimum Gasteiger partial charge on any atom is -0.0622 e. The smallest absolute Gasteiger partial charge is 0.0451 e. The normalized spacial score (nSPS) is 11.3. The lowest BCUT2D eigenvalue weighted by molar-refractivity contribution is 0.532. The average Bonchev–Trinajstić information content (AvgIpc) is 2.79. The van der Waals surface area contributed by atoms with E-state index in [-0.39, 0.29) is 5.41 Å². The molecule has 4 aromatic carbocycles. The molecule has 0 aromatic heterocycles. The van der Waals surface area contributed by atoms with Crippen LogP contribution in [0.5, 0.6) is 0 Å². The van der Waals surface area contributed by atoms with E-state index in [0.717, 1.165) is 19.3 Å². The van der Waals surface area contributed by atoms with Crippen molar-refractivity contribution in [1.82, 2.24) is 0 Å². The molecular formula is C28H26. The van der Waals surface area contributed by atoms with Crippen LogP contribution in [0.15, 0.2) is 121 Å². The van der Waals surface area contributed by atoms with Gasteiger partial charge >= 0.3 is 0 Å². The van der Waals surface area contributed by atoms with Crippen LogP contribution in [0.25, 0.3) is 0 Å². The SMILES string of the molecule is c1ccc(CCCC(c2ccccc2)(c2ccccc2)c2ccccc2)cc1. The Morgan fingerprint density at radius 1 is 0.429 bits per heavy atom. The van der Waals surface area contributed by atoms with Crippen LogP contribution in [0.4, 0.5) is 0 Å². The van der Waals surface area contributed by atoms with Gasteiger partial charge in [0, 0.05) is 5.41 Å². The largest absolute Gasteiger partial charge is 0.0622 e. The van der Waals surface area contributed by atoms with Crippen LogP contribution < -0.4 is 0 Å². The molecule has 4 aromatic rings. The minimum atomic E-state index is -0.140. The van der Waals surface area contributed by atoms with E-state index in [0.29, 0.717) is 0 Å². The van der Waals surface area contributed by atoms with Gasteiger partial charge in [-0.05, 0) is 41.5 Å². The van der Waals surface area contributed by atoms with E-state index >= 15 is 0 Å². The molecular weight excluding hydrogens is 336 g/mol. The maximum atomic E-state index is 2.28. The molecule has 0 nitrogen and oxygen atoms in total. The molecule has 0 aliphatic carbocycles. The summed E-state index contributed by atoms with van der Waals surface area (Å²) in [5.74, 6) is 0. The second-order valence-electron chi connectivity index (χ2n) is 7.34. The summed E-state index contributed by atoms with van der Waals surface area (Å²) in [5.41, 5.74) is 5.35. The molecule has 0 amide bonds. The molecule has 0 radical (unpaired) electrons. The third kappa shape index (κ3) is 3.77. The number of hydrogen-bond donors (Lipinski definition) is 0. The molecule has 28 heavy (non-hydrogen) atoms. The zero-order valence-corrected chi connectivity index (χ0v) is 16.2. The maximum absolute atomic E-state index is 2.28. The van der Waals surface area contributed by atoms with Gasteiger partial charge in [-0.25, -0.2) is 0 Å². The lowest BCUT2D eigenvalue weighted by atomic mass is 9.66. The molecule has 0 saturated carbocycles. The van der Waals surface area contributed by atoms with Crippen molar-refractivity contribution in [2.45, 2.75) is 24.7 Å². The Balaban J connectivity index is 1.79. The highest BCUT2D eigenvalue weighted by atomic mass is 14.4. The number of rotatable bonds is 7. The number of benzene rings is 4. The molecule has 0 bridgehead atoms. The molecule has 0 atom stereocenters. The van der Waals surface area contributed by atoms with Crippen LogP contribution >= 0.6 is 0 Å². The monoisotopic (exact) mass is 362 g/mol. The van der Waals surface area contributed by atoms with Crippen LogP contribution in [0.2, 0.25) is 0 Å². The van der Waals surface area contributed by atoms with E-state index in [2.05, 4.69) is 121 Å². The lowest BCUT2D eigenvalue weighted by Crippen LogP contribution is -2.29. The first kappa shape index (κ1) is 18.3. The second-order valence-corrected chi connectivity index (χ2v) is 7.34. The van der Waals surface area contributed by atoms with E-state index < -0.39 is 0 Å². The van der Waals surface area contributed by atoms with E-state index in [1.165, 1.54) is 22.3 Å². The summed E-state index contributed by atoms with van der Waals surface area (Å²) in [6.45, 7) is 0. The molecule has 0 fully saturated rings. The Kier molecular flexibility index (Phi) is 5.68. The third-order valence-electron chi connectivity index (χ3n) is 5.66. The van der Waals surface area contributed by atoms with Gasteiger partial charge in [0.25, 0.3) is 0 Å². The van der Waals surface area contributed by atoms with E-state index in [9.17, 15) is 0 Å². The van der Waals surface area contributed by atoms with Gasteiger partial charge in [-0.2, -0.15) is 0 Å². The fourth-order valence-electron chi connectivity index (χ4n) is 4.30. The summed E-state index contributed by atoms with van der Waals surface area (Å²) >= 11 is 0. The Morgan fingerprint density at radius 3 is 1.18 bits per heavy atom. The summed E-state index contributed by atoms with van der Waals surface area (Å²) in [7, 11) is 0. The van der Waals surface area contributed by atoms with Gasteiger partial charge in [0.2, 0.25) is 0 Å². The standard InChI is InChI=1S/C28H26/c1-5-14-24(15-6-1)16-13-23-28(25-17-7-2-8-18-25,26-19-9-3-10-20-26)27-21-11-4-12-22-27/h1-12,14-15,17-22H,13,16,23H2. The first-order valence-corrected chi connectivity index (χ1v) is 10.1. The summed E-state index contributed by atoms with van der Waals surface area (Å²) in [6, 6.07) is 43.8. The molecule has 0 unspecified atom stereocenters. The molecule has 0 heterocycles. The molecule has 4 rings (SSSR count). The quantitative estimate of drug-likeness (QED) is 0.309. The molecule has 0 aliphatic rings. The van der Waals surface area contributed by atoms with Crippen molar-refractivity contribution in [3.63, 3.8) is 0 Å². The van der Waals surface area contributed by atoms with Gasteiger partial charge in [-0.15, -0.1) is 0 Å². The minimum absolute atomic E-state index is 0.140. The van der Waals surface area contributed by atoms with Gasteiger partial charge in [0.15, 0.2) is 0 Å². The van der Waals surface area contributed by atoms with E-state index in [1.54, 1.807) is 0 Å². The van der Waals surface area contributed by atoms with Crippen LogP contribution in [0, 0.1) is 0 Å². The summed E-state index contributed by atoms with van der Waals surface area (Å²) in [5, 5.41) is 0. The molecule has 0 N–H and O–H groups in total. The van der Waals surface area contributed by atoms with Crippen LogP contribution in [0.3, 0.4) is 0 Å². The summed E-state index contributed by atoms with van der Waals surface area (Å²) in [6.07, 6.45) is 3.29. The highest BCUT2D eigenvalue weighted by Crippen LogP contribution is 2.43. The second kappa shape index (κ2) is 8.71. The Hall–Kier alpha value is -3.12. The lowest BCUT2D eigenvalue weighted by Gasteiger charge is -2.36. The van der Waals surface area contributed by atoms with E-state index in [1.807, 2.05) is 0 Å². The number of hydrogen-bond acceptors (Lipinski definition) is 0. The summed E-state index contributed by atoms with van der Waals surface area (Å²) in [4.78, 5) is 0. The topological polar surface area (TPSA) is 0 Å². The van der Waals surface area contributed by atoms with Gasteiger partial charge in [0.1, 0.15) is 0 Å². The third-order valence-corrected chi connectivity index (χ3v) is 5.66. The van der Waals surface area contributed by atoms with Gasteiger partial charge in [-0.1, -0.05) is 121 Å². The van der Waals surface area contributed by atoms with Gasteiger partial charge in [-0.3, -0.25) is 0 Å². The van der Waals surface area contributed by atoms with Crippen molar-refractivity contribution in [3.05, 3.63) is 144 Å². The first-order valence-electron chi connectivity index (χ1n) is 10.1. The fraction of sp³-hybridized carbons (Fsp3) is 0.143. The van der Waals surface area contributed by atoms with Crippen molar-refractivity contribution in [2.75, 3.05) is 0 Å². The van der Waals surface area contributed by atoms with Gasteiger partial charge < -0.3 is 0 Å². The van der Waals surface area contributed by atoms with Crippen molar-refractivity contribution in [1.29, 1.82) is 0 Å². The fourth-order valence-corrected chi connectivity index (χ4v) is 4.30. The van der Waals surface area contributed by atoms with Crippen LogP contribution in [-0.2, 0) is 11.8 Å². The van der Waals surface area contributed by atoms with Crippen molar-refractivity contribution < 1.29 is 0 Å². The highest BCUT2D eigenvalue weighted by Gasteiger charge is 2.35. The predicted molar refractivity (Wildman–Crippen MR) is 119 cm³/mol. The highest BCUT2D eigenvalue weighted by molar-refractivity contribution is 5.50. The Labute approximate surface area is 168 Å². The van der Waals surface area contributed by atoms with Crippen LogP contribution in [-0.4, -0.2) is 0 Å². The molecule has 0 saturated heterocycles. The van der Waals surface area contributed by atoms with Crippen molar-refractivity contribution >= 4 is 0 Å². The maximum Gasteiger partial charge on any atom is 0.0451 e. The van der Waals surface area contributed by atoms with E-state index in [4.69, 9.17) is 0 Å². The number of aryl methyl sites for hydroxylation is 1. The summed E-state index contributed by atoms with van der Waals surface area (Å²) < 4.78 is 0. The molecule has 0 spiro atoms. The molecule has 0 aliphatic heterocycles.